The third-order valence-corrected chi connectivity index (χ3v) is 2.53. The zero-order valence-electron chi connectivity index (χ0n) is 6.46. The predicted molar refractivity (Wildman–Crippen MR) is 51.8 cm³/mol. The molecule has 2 nitrogen and oxygen atoms in total. The fourth-order valence-corrected chi connectivity index (χ4v) is 1.89. The molecule has 0 radical (unpaired) electrons. The first kappa shape index (κ1) is 7.80. The molecule has 0 fully saturated rings. The Labute approximate surface area is 79.3 Å². The van der Waals surface area contributed by atoms with Crippen LogP contribution in [0.25, 0.3) is 0 Å². The molecule has 0 saturated heterocycles. The van der Waals surface area contributed by atoms with Crippen LogP contribution in [0.3, 0.4) is 0 Å². The number of hydrogen-bond donors (Lipinski definition) is 0. The summed E-state index contributed by atoms with van der Waals surface area (Å²) in [6.45, 7) is 0.795. The van der Waals surface area contributed by atoms with Crippen LogP contribution in [0.4, 0.5) is 10.5 Å². The van der Waals surface area contributed by atoms with E-state index in [1.54, 1.807) is 4.90 Å². The molecule has 1 aromatic carbocycles. The van der Waals surface area contributed by atoms with Crippen molar-refractivity contribution in [3.8, 4) is 0 Å². The molecule has 1 aliphatic rings. The van der Waals surface area contributed by atoms with Gasteiger partial charge in [-0.15, -0.1) is 0 Å². The van der Waals surface area contributed by atoms with E-state index in [9.17, 15) is 4.79 Å². The SMILES string of the molecule is O=C(Br)N1CCc2ccccc21. The summed E-state index contributed by atoms with van der Waals surface area (Å²) in [5.41, 5.74) is 2.30. The number of carbonyl (C=O) groups is 1. The first-order valence-electron chi connectivity index (χ1n) is 3.84. The Morgan fingerprint density at radius 3 is 2.92 bits per heavy atom. The van der Waals surface area contributed by atoms with Crippen molar-refractivity contribution in [2.45, 2.75) is 6.42 Å². The van der Waals surface area contributed by atoms with E-state index in [1.807, 2.05) is 18.2 Å². The van der Waals surface area contributed by atoms with Crippen LogP contribution in [0.1, 0.15) is 5.56 Å². The molecule has 0 N–H and O–H groups in total. The first-order valence-corrected chi connectivity index (χ1v) is 4.63. The third-order valence-electron chi connectivity index (χ3n) is 2.10. The van der Waals surface area contributed by atoms with E-state index in [-0.39, 0.29) is 4.82 Å². The molecule has 0 aliphatic carbocycles. The Morgan fingerprint density at radius 2 is 2.17 bits per heavy atom. The lowest BCUT2D eigenvalue weighted by Gasteiger charge is -2.12. The standard InChI is InChI=1S/C9H8BrNO/c10-9(12)11-6-5-7-3-1-2-4-8(7)11/h1-4H,5-6H2. The molecular formula is C9H8BrNO. The van der Waals surface area contributed by atoms with Gasteiger partial charge in [0.15, 0.2) is 0 Å². The average Bonchev–Trinajstić information content (AvgIpc) is 2.47. The number of para-hydroxylation sites is 1. The van der Waals surface area contributed by atoms with Gasteiger partial charge in [0.05, 0.1) is 0 Å². The number of benzene rings is 1. The van der Waals surface area contributed by atoms with Gasteiger partial charge in [-0.3, -0.25) is 4.79 Å². The smallest absolute Gasteiger partial charge is 0.294 e. The second kappa shape index (κ2) is 2.90. The lowest BCUT2D eigenvalue weighted by molar-refractivity contribution is 0.266. The van der Waals surface area contributed by atoms with Crippen LogP contribution in [-0.2, 0) is 6.42 Å². The maximum Gasteiger partial charge on any atom is 0.294 e. The van der Waals surface area contributed by atoms with Gasteiger partial charge in [0, 0.05) is 28.2 Å². The molecule has 12 heavy (non-hydrogen) atoms. The Morgan fingerprint density at radius 1 is 1.42 bits per heavy atom. The van der Waals surface area contributed by atoms with E-state index in [1.165, 1.54) is 5.56 Å². The molecule has 0 atom stereocenters. The molecule has 62 valence electrons. The number of nitrogens with zero attached hydrogens (tertiary/aromatic N) is 1. The highest BCUT2D eigenvalue weighted by molar-refractivity contribution is 9.18. The summed E-state index contributed by atoms with van der Waals surface area (Å²) in [5.74, 6) is 0. The minimum atomic E-state index is -0.0487. The van der Waals surface area contributed by atoms with E-state index in [4.69, 9.17) is 0 Å². The summed E-state index contributed by atoms with van der Waals surface area (Å²) in [5, 5.41) is 0. The minimum absolute atomic E-state index is 0.0487. The van der Waals surface area contributed by atoms with Crippen molar-refractivity contribution in [2.24, 2.45) is 0 Å². The molecule has 3 heteroatoms. The van der Waals surface area contributed by atoms with Crippen LogP contribution < -0.4 is 4.90 Å². The lowest BCUT2D eigenvalue weighted by atomic mass is 10.2. The Bertz CT molecular complexity index is 324. The first-order chi connectivity index (χ1) is 5.79. The molecule has 0 unspecified atom stereocenters. The van der Waals surface area contributed by atoms with Gasteiger partial charge in [-0.05, 0) is 18.1 Å². The maximum absolute atomic E-state index is 11.1. The summed E-state index contributed by atoms with van der Waals surface area (Å²) in [6, 6.07) is 7.99. The van der Waals surface area contributed by atoms with Gasteiger partial charge in [-0.2, -0.15) is 0 Å². The highest BCUT2D eigenvalue weighted by Crippen LogP contribution is 2.28. The summed E-state index contributed by atoms with van der Waals surface area (Å²) < 4.78 is 0. The highest BCUT2D eigenvalue weighted by atomic mass is 79.9. The second-order valence-electron chi connectivity index (χ2n) is 2.78. The molecule has 1 amide bonds. The van der Waals surface area contributed by atoms with Crippen molar-refractivity contribution >= 4 is 26.4 Å². The Balaban J connectivity index is 2.42. The van der Waals surface area contributed by atoms with Gasteiger partial charge >= 0.3 is 0 Å². The van der Waals surface area contributed by atoms with Crippen molar-refractivity contribution < 1.29 is 4.79 Å². The monoisotopic (exact) mass is 225 g/mol. The molecule has 1 aliphatic heterocycles. The summed E-state index contributed by atoms with van der Waals surface area (Å²) in [6.07, 6.45) is 0.966. The van der Waals surface area contributed by atoms with E-state index in [0.717, 1.165) is 18.7 Å². The molecule has 2 rings (SSSR count). The molecule has 0 aromatic heterocycles. The zero-order valence-corrected chi connectivity index (χ0v) is 8.04. The van der Waals surface area contributed by atoms with Crippen LogP contribution >= 0.6 is 15.9 Å². The lowest BCUT2D eigenvalue weighted by Crippen LogP contribution is -2.22. The predicted octanol–water partition coefficient (Wildman–Crippen LogP) is 2.56. The van der Waals surface area contributed by atoms with Crippen molar-refractivity contribution in [3.63, 3.8) is 0 Å². The van der Waals surface area contributed by atoms with Gasteiger partial charge in [-0.1, -0.05) is 18.2 Å². The zero-order chi connectivity index (χ0) is 8.55. The quantitative estimate of drug-likeness (QED) is 0.491. The molecular weight excluding hydrogens is 218 g/mol. The number of carbonyl (C=O) groups excluding carboxylic acids is 1. The molecule has 1 aromatic rings. The van der Waals surface area contributed by atoms with E-state index < -0.39 is 0 Å². The Kier molecular flexibility index (Phi) is 1.89. The van der Waals surface area contributed by atoms with Crippen molar-refractivity contribution in [1.29, 1.82) is 0 Å². The average molecular weight is 226 g/mol. The van der Waals surface area contributed by atoms with Crippen molar-refractivity contribution in [3.05, 3.63) is 29.8 Å². The number of fused-ring (bicyclic) bond motifs is 1. The van der Waals surface area contributed by atoms with Crippen LogP contribution in [0.15, 0.2) is 24.3 Å². The van der Waals surface area contributed by atoms with Crippen LogP contribution in [0, 0.1) is 0 Å². The van der Waals surface area contributed by atoms with E-state index in [0.29, 0.717) is 0 Å². The summed E-state index contributed by atoms with van der Waals surface area (Å²) in [7, 11) is 0. The van der Waals surface area contributed by atoms with Gasteiger partial charge in [0.25, 0.3) is 4.82 Å². The molecule has 0 saturated carbocycles. The van der Waals surface area contributed by atoms with Gasteiger partial charge < -0.3 is 4.90 Å². The number of rotatable bonds is 0. The number of anilines is 1. The van der Waals surface area contributed by atoms with Crippen molar-refractivity contribution in [1.82, 2.24) is 0 Å². The maximum atomic E-state index is 11.1. The molecule has 1 heterocycles. The Hall–Kier alpha value is -0.830. The van der Waals surface area contributed by atoms with Crippen LogP contribution in [-0.4, -0.2) is 11.4 Å². The topological polar surface area (TPSA) is 20.3 Å². The van der Waals surface area contributed by atoms with Crippen LogP contribution in [0.5, 0.6) is 0 Å². The molecule has 0 spiro atoms. The normalized spacial score (nSPS) is 14.6. The van der Waals surface area contributed by atoms with Gasteiger partial charge in [0.1, 0.15) is 0 Å². The summed E-state index contributed by atoms with van der Waals surface area (Å²) >= 11 is 2.96. The highest BCUT2D eigenvalue weighted by Gasteiger charge is 2.21. The van der Waals surface area contributed by atoms with Gasteiger partial charge in [-0.25, -0.2) is 0 Å². The van der Waals surface area contributed by atoms with Crippen LogP contribution in [0.2, 0.25) is 0 Å². The number of hydrogen-bond acceptors (Lipinski definition) is 1. The number of amides is 1. The van der Waals surface area contributed by atoms with Crippen molar-refractivity contribution in [2.75, 3.05) is 11.4 Å². The summed E-state index contributed by atoms with van der Waals surface area (Å²) in [4.78, 5) is 12.7. The third kappa shape index (κ3) is 1.14. The molecule has 0 bridgehead atoms. The second-order valence-corrected chi connectivity index (χ2v) is 3.46. The minimum Gasteiger partial charge on any atom is -0.302 e. The fourth-order valence-electron chi connectivity index (χ4n) is 1.52. The van der Waals surface area contributed by atoms with E-state index >= 15 is 0 Å². The van der Waals surface area contributed by atoms with Gasteiger partial charge in [0.2, 0.25) is 0 Å². The number of halogens is 1. The fraction of sp³-hybridized carbons (Fsp3) is 0.222. The largest absolute Gasteiger partial charge is 0.302 e. The van der Waals surface area contributed by atoms with E-state index in [2.05, 4.69) is 22.0 Å².